The molecule has 3 aromatic rings. The average molecular weight is 505 g/mol. The number of hydrogen-bond donors (Lipinski definition) is 0. The van der Waals surface area contributed by atoms with Crippen LogP contribution in [-0.2, 0) is 11.2 Å². The van der Waals surface area contributed by atoms with E-state index >= 15 is 0 Å². The molecule has 1 unspecified atom stereocenters. The van der Waals surface area contributed by atoms with Crippen molar-refractivity contribution < 1.29 is 13.9 Å². The Morgan fingerprint density at radius 2 is 1.32 bits per heavy atom. The molecular formula is C32H41FN2O2. The van der Waals surface area contributed by atoms with Gasteiger partial charge in [-0.3, -0.25) is 0 Å². The molecule has 1 aromatic heterocycles. The number of benzene rings is 2. The monoisotopic (exact) mass is 504 g/mol. The van der Waals surface area contributed by atoms with Crippen molar-refractivity contribution in [3.8, 4) is 28.3 Å². The number of aryl methyl sites for hydroxylation is 1. The summed E-state index contributed by atoms with van der Waals surface area (Å²) >= 11 is 0. The third kappa shape index (κ3) is 9.07. The Labute approximate surface area is 221 Å². The summed E-state index contributed by atoms with van der Waals surface area (Å²) in [4.78, 5) is 21.5. The minimum atomic E-state index is -1.98. The van der Waals surface area contributed by atoms with Crippen LogP contribution in [0.5, 0.6) is 5.75 Å². The van der Waals surface area contributed by atoms with Crippen LogP contribution in [0.3, 0.4) is 0 Å². The zero-order valence-electron chi connectivity index (χ0n) is 22.6. The fraction of sp³-hybridized carbons (Fsp3) is 0.469. The summed E-state index contributed by atoms with van der Waals surface area (Å²) in [5.74, 6) is 0.176. The molecule has 0 bridgehead atoms. The molecule has 3 rings (SSSR count). The molecule has 1 heterocycles. The molecule has 5 heteroatoms. The molecule has 2 aromatic carbocycles. The smallest absolute Gasteiger partial charge is 0.348 e. The molecule has 0 aliphatic rings. The third-order valence-electron chi connectivity index (χ3n) is 6.76. The maximum absolute atomic E-state index is 14.8. The van der Waals surface area contributed by atoms with E-state index < -0.39 is 11.6 Å². The molecule has 0 fully saturated rings. The maximum atomic E-state index is 14.8. The molecule has 0 N–H and O–H groups in total. The van der Waals surface area contributed by atoms with Crippen molar-refractivity contribution in [2.45, 2.75) is 97.1 Å². The van der Waals surface area contributed by atoms with Gasteiger partial charge in [-0.1, -0.05) is 95.2 Å². The number of alkyl halides is 1. The second kappa shape index (κ2) is 14.6. The number of carbonyl (C=O) groups excluding carboxylic acids is 1. The minimum Gasteiger partial charge on any atom is -0.424 e. The molecule has 37 heavy (non-hydrogen) atoms. The number of nitrogens with zero attached hydrogens (tertiary/aromatic N) is 2. The van der Waals surface area contributed by atoms with Gasteiger partial charge in [0.05, 0.1) is 0 Å². The third-order valence-corrected chi connectivity index (χ3v) is 6.76. The average Bonchev–Trinajstić information content (AvgIpc) is 2.92. The summed E-state index contributed by atoms with van der Waals surface area (Å²) in [5, 5.41) is 0. The maximum Gasteiger partial charge on any atom is 0.348 e. The summed E-state index contributed by atoms with van der Waals surface area (Å²) in [6.45, 7) is 5.68. The van der Waals surface area contributed by atoms with Crippen LogP contribution >= 0.6 is 0 Å². The van der Waals surface area contributed by atoms with Crippen molar-refractivity contribution in [1.82, 2.24) is 9.97 Å². The normalized spacial score (nSPS) is 12.8. The molecule has 0 spiro atoms. The van der Waals surface area contributed by atoms with Gasteiger partial charge >= 0.3 is 5.97 Å². The lowest BCUT2D eigenvalue weighted by Gasteiger charge is -2.18. The summed E-state index contributed by atoms with van der Waals surface area (Å²) in [5.41, 5.74) is 2.11. The number of esters is 1. The van der Waals surface area contributed by atoms with Crippen LogP contribution in [0.25, 0.3) is 22.5 Å². The van der Waals surface area contributed by atoms with Crippen molar-refractivity contribution in [1.29, 1.82) is 0 Å². The second-order valence-corrected chi connectivity index (χ2v) is 10.1. The van der Waals surface area contributed by atoms with Crippen molar-refractivity contribution in [2.75, 3.05) is 0 Å². The predicted molar refractivity (Wildman–Crippen MR) is 149 cm³/mol. The van der Waals surface area contributed by atoms with Gasteiger partial charge in [-0.05, 0) is 55.9 Å². The number of halogens is 1. The first-order valence-electron chi connectivity index (χ1n) is 13.9. The Kier molecular flexibility index (Phi) is 11.2. The molecule has 0 saturated carbocycles. The van der Waals surface area contributed by atoms with Gasteiger partial charge in [0.25, 0.3) is 0 Å². The summed E-state index contributed by atoms with van der Waals surface area (Å²) in [7, 11) is 0. The summed E-state index contributed by atoms with van der Waals surface area (Å²) in [6.07, 6.45) is 14.9. The SMILES string of the molecule is CCCCCCCC(C)(F)C(=O)Oc1ccc(-c2cnc(-c3ccc(CCCCCC)cc3)nc2)cc1. The molecular weight excluding hydrogens is 463 g/mol. The van der Waals surface area contributed by atoms with E-state index in [1.54, 1.807) is 24.5 Å². The van der Waals surface area contributed by atoms with E-state index in [0.29, 0.717) is 18.0 Å². The largest absolute Gasteiger partial charge is 0.424 e. The molecule has 198 valence electrons. The van der Waals surface area contributed by atoms with Crippen molar-refractivity contribution >= 4 is 5.97 Å². The van der Waals surface area contributed by atoms with Crippen LogP contribution < -0.4 is 4.74 Å². The first-order chi connectivity index (χ1) is 17.9. The van der Waals surface area contributed by atoms with E-state index in [2.05, 4.69) is 48.1 Å². The highest BCUT2D eigenvalue weighted by atomic mass is 19.1. The van der Waals surface area contributed by atoms with Gasteiger partial charge in [0.2, 0.25) is 5.67 Å². The molecule has 0 amide bonds. The van der Waals surface area contributed by atoms with E-state index in [1.165, 1.54) is 38.2 Å². The number of ether oxygens (including phenoxy) is 1. The van der Waals surface area contributed by atoms with Crippen LogP contribution in [0.15, 0.2) is 60.9 Å². The Bertz CT molecular complexity index is 1080. The quantitative estimate of drug-likeness (QED) is 0.118. The molecule has 0 aliphatic heterocycles. The standard InChI is InChI=1S/C32H41FN2O2/c1-4-6-8-10-12-22-32(3,33)31(36)37-29-20-18-26(19-21-29)28-23-34-30(35-24-28)27-16-14-25(15-17-27)13-11-9-7-5-2/h14-21,23-24H,4-13,22H2,1-3H3. The first-order valence-corrected chi connectivity index (χ1v) is 13.9. The minimum absolute atomic E-state index is 0.180. The lowest BCUT2D eigenvalue weighted by molar-refractivity contribution is -0.147. The van der Waals surface area contributed by atoms with Crippen molar-refractivity contribution in [2.24, 2.45) is 0 Å². The number of carbonyl (C=O) groups is 1. The van der Waals surface area contributed by atoms with Gasteiger partial charge in [0.1, 0.15) is 5.75 Å². The Morgan fingerprint density at radius 1 is 0.757 bits per heavy atom. The number of rotatable bonds is 15. The van der Waals surface area contributed by atoms with Crippen LogP contribution in [-0.4, -0.2) is 21.6 Å². The van der Waals surface area contributed by atoms with Crippen molar-refractivity contribution in [3.05, 3.63) is 66.5 Å². The van der Waals surface area contributed by atoms with Gasteiger partial charge < -0.3 is 4.74 Å². The zero-order chi connectivity index (χ0) is 26.5. The Balaban J connectivity index is 1.54. The molecule has 0 saturated heterocycles. The van der Waals surface area contributed by atoms with E-state index in [9.17, 15) is 9.18 Å². The van der Waals surface area contributed by atoms with Crippen LogP contribution in [0.1, 0.15) is 90.5 Å². The van der Waals surface area contributed by atoms with Gasteiger partial charge in [0, 0.05) is 23.5 Å². The summed E-state index contributed by atoms with van der Waals surface area (Å²) < 4.78 is 20.1. The van der Waals surface area contributed by atoms with Gasteiger partial charge in [-0.2, -0.15) is 0 Å². The number of aromatic nitrogens is 2. The van der Waals surface area contributed by atoms with Crippen LogP contribution in [0.2, 0.25) is 0 Å². The predicted octanol–water partition coefficient (Wildman–Crippen LogP) is 8.93. The zero-order valence-corrected chi connectivity index (χ0v) is 22.6. The first kappa shape index (κ1) is 28.5. The van der Waals surface area contributed by atoms with Gasteiger partial charge in [-0.15, -0.1) is 0 Å². The molecule has 1 atom stereocenters. The van der Waals surface area contributed by atoms with Crippen LogP contribution in [0, 0.1) is 0 Å². The van der Waals surface area contributed by atoms with Crippen molar-refractivity contribution in [3.63, 3.8) is 0 Å². The fourth-order valence-electron chi connectivity index (χ4n) is 4.29. The lowest BCUT2D eigenvalue weighted by atomic mass is 9.99. The highest BCUT2D eigenvalue weighted by Crippen LogP contribution is 2.26. The Hall–Kier alpha value is -3.08. The van der Waals surface area contributed by atoms with E-state index in [0.717, 1.165) is 48.8 Å². The van der Waals surface area contributed by atoms with Gasteiger partial charge in [0.15, 0.2) is 5.82 Å². The van der Waals surface area contributed by atoms with Gasteiger partial charge in [-0.25, -0.2) is 19.2 Å². The fourth-order valence-corrected chi connectivity index (χ4v) is 4.29. The highest BCUT2D eigenvalue weighted by Gasteiger charge is 2.34. The molecule has 4 nitrogen and oxygen atoms in total. The topological polar surface area (TPSA) is 52.1 Å². The molecule has 0 radical (unpaired) electrons. The number of unbranched alkanes of at least 4 members (excludes halogenated alkanes) is 7. The number of hydrogen-bond acceptors (Lipinski definition) is 4. The van der Waals surface area contributed by atoms with E-state index in [-0.39, 0.29) is 6.42 Å². The second-order valence-electron chi connectivity index (χ2n) is 10.1. The molecule has 0 aliphatic carbocycles. The Morgan fingerprint density at radius 3 is 1.95 bits per heavy atom. The lowest BCUT2D eigenvalue weighted by Crippen LogP contribution is -2.34. The van der Waals surface area contributed by atoms with E-state index in [4.69, 9.17) is 4.74 Å². The summed E-state index contributed by atoms with van der Waals surface area (Å²) in [6, 6.07) is 15.5. The van der Waals surface area contributed by atoms with Crippen LogP contribution in [0.4, 0.5) is 4.39 Å². The van der Waals surface area contributed by atoms with E-state index in [1.807, 2.05) is 12.1 Å². The highest BCUT2D eigenvalue weighted by molar-refractivity contribution is 5.81.